The van der Waals surface area contributed by atoms with Crippen molar-refractivity contribution in [2.75, 3.05) is 11.4 Å². The number of anilines is 1. The van der Waals surface area contributed by atoms with Crippen LogP contribution < -0.4 is 10.6 Å². The molecule has 0 heterocycles. The smallest absolute Gasteiger partial charge is 0.369 e. The van der Waals surface area contributed by atoms with E-state index < -0.39 is 11.7 Å². The number of nitrogens with zero attached hydrogens (tertiary/aromatic N) is 1. The first-order chi connectivity index (χ1) is 8.85. The molecule has 1 aromatic carbocycles. The molecule has 0 radical (unpaired) electrons. The molecular weight excluding hydrogens is 253 g/mol. The molecule has 1 unspecified atom stereocenters. The first-order valence-corrected chi connectivity index (χ1v) is 6.51. The van der Waals surface area contributed by atoms with Crippen LogP contribution in [0.25, 0.3) is 0 Å². The molecule has 0 fully saturated rings. The molecule has 0 amide bonds. The predicted octanol–water partition coefficient (Wildman–Crippen LogP) is 3.79. The summed E-state index contributed by atoms with van der Waals surface area (Å²) in [7, 11) is 0. The van der Waals surface area contributed by atoms with E-state index in [0.717, 1.165) is 24.7 Å². The van der Waals surface area contributed by atoms with Crippen molar-refractivity contribution in [1.82, 2.24) is 0 Å². The van der Waals surface area contributed by atoms with Crippen LogP contribution in [0.4, 0.5) is 18.9 Å². The molecule has 1 rings (SSSR count). The van der Waals surface area contributed by atoms with Gasteiger partial charge in [0, 0.05) is 24.8 Å². The maximum absolute atomic E-state index is 12.8. The summed E-state index contributed by atoms with van der Waals surface area (Å²) in [5.74, 6) is 0. The van der Waals surface area contributed by atoms with Gasteiger partial charge in [0.25, 0.3) is 0 Å². The second-order valence-electron chi connectivity index (χ2n) is 4.59. The largest absolute Gasteiger partial charge is 0.416 e. The summed E-state index contributed by atoms with van der Waals surface area (Å²) in [6.45, 7) is 6.75. The number of rotatable bonds is 5. The van der Waals surface area contributed by atoms with E-state index in [1.165, 1.54) is 6.07 Å². The molecule has 0 aliphatic heterocycles. The fourth-order valence-corrected chi connectivity index (χ4v) is 2.17. The summed E-state index contributed by atoms with van der Waals surface area (Å²) in [6, 6.07) is 4.49. The third-order valence-corrected chi connectivity index (χ3v) is 3.41. The van der Waals surface area contributed by atoms with Gasteiger partial charge in [-0.3, -0.25) is 0 Å². The van der Waals surface area contributed by atoms with Gasteiger partial charge in [0.15, 0.2) is 0 Å². The summed E-state index contributed by atoms with van der Waals surface area (Å²) in [6.07, 6.45) is -3.41. The third kappa shape index (κ3) is 3.62. The number of benzene rings is 1. The van der Waals surface area contributed by atoms with Gasteiger partial charge in [-0.05, 0) is 44.0 Å². The fraction of sp³-hybridized carbons (Fsp3) is 0.571. The van der Waals surface area contributed by atoms with Crippen molar-refractivity contribution in [3.63, 3.8) is 0 Å². The van der Waals surface area contributed by atoms with Crippen LogP contribution in [0, 0.1) is 0 Å². The summed E-state index contributed by atoms with van der Waals surface area (Å²) in [4.78, 5) is 2.08. The van der Waals surface area contributed by atoms with E-state index in [-0.39, 0.29) is 18.2 Å². The highest BCUT2D eigenvalue weighted by atomic mass is 19.4. The first-order valence-electron chi connectivity index (χ1n) is 6.51. The summed E-state index contributed by atoms with van der Waals surface area (Å²) >= 11 is 0. The van der Waals surface area contributed by atoms with Crippen LogP contribution in [-0.4, -0.2) is 12.6 Å². The normalized spacial score (nSPS) is 13.4. The molecule has 0 saturated heterocycles. The Morgan fingerprint density at radius 3 is 2.32 bits per heavy atom. The summed E-state index contributed by atoms with van der Waals surface area (Å²) < 4.78 is 38.4. The molecule has 0 saturated carbocycles. The van der Waals surface area contributed by atoms with Crippen molar-refractivity contribution < 1.29 is 13.2 Å². The average molecular weight is 274 g/mol. The lowest BCUT2D eigenvalue weighted by molar-refractivity contribution is -0.138. The Morgan fingerprint density at radius 2 is 1.89 bits per heavy atom. The van der Waals surface area contributed by atoms with Crippen molar-refractivity contribution in [2.24, 2.45) is 5.73 Å². The standard InChI is InChI=1S/C14H21F3N2/c1-4-10(3)19(5-2)12-6-7-13(14(15,16)17)11(8-12)9-18/h6-8,10H,4-5,9,18H2,1-3H3. The van der Waals surface area contributed by atoms with Gasteiger partial charge in [0.05, 0.1) is 5.56 Å². The van der Waals surface area contributed by atoms with Gasteiger partial charge in [0.2, 0.25) is 0 Å². The lowest BCUT2D eigenvalue weighted by Gasteiger charge is -2.30. The van der Waals surface area contributed by atoms with E-state index in [1.807, 2.05) is 6.92 Å². The molecule has 0 aliphatic carbocycles. The van der Waals surface area contributed by atoms with Crippen LogP contribution in [0.3, 0.4) is 0 Å². The highest BCUT2D eigenvalue weighted by Gasteiger charge is 2.33. The van der Waals surface area contributed by atoms with E-state index >= 15 is 0 Å². The molecule has 0 aliphatic rings. The van der Waals surface area contributed by atoms with Crippen LogP contribution >= 0.6 is 0 Å². The molecule has 2 N–H and O–H groups in total. The summed E-state index contributed by atoms with van der Waals surface area (Å²) in [5, 5.41) is 0. The van der Waals surface area contributed by atoms with E-state index in [1.54, 1.807) is 6.07 Å². The minimum absolute atomic E-state index is 0.110. The van der Waals surface area contributed by atoms with Gasteiger partial charge < -0.3 is 10.6 Å². The number of hydrogen-bond donors (Lipinski definition) is 1. The Labute approximate surface area is 112 Å². The number of alkyl halides is 3. The molecule has 0 aromatic heterocycles. The zero-order valence-electron chi connectivity index (χ0n) is 11.6. The maximum Gasteiger partial charge on any atom is 0.416 e. The first kappa shape index (κ1) is 15.8. The van der Waals surface area contributed by atoms with Crippen LogP contribution in [0.5, 0.6) is 0 Å². The molecule has 108 valence electrons. The van der Waals surface area contributed by atoms with Gasteiger partial charge in [-0.15, -0.1) is 0 Å². The Morgan fingerprint density at radius 1 is 1.26 bits per heavy atom. The highest BCUT2D eigenvalue weighted by molar-refractivity contribution is 5.52. The fourth-order valence-electron chi connectivity index (χ4n) is 2.17. The van der Waals surface area contributed by atoms with Gasteiger partial charge >= 0.3 is 6.18 Å². The zero-order chi connectivity index (χ0) is 14.6. The van der Waals surface area contributed by atoms with Crippen molar-refractivity contribution >= 4 is 5.69 Å². The molecule has 5 heteroatoms. The van der Waals surface area contributed by atoms with Gasteiger partial charge in [-0.2, -0.15) is 13.2 Å². The molecular formula is C14H21F3N2. The van der Waals surface area contributed by atoms with Crippen LogP contribution in [0.1, 0.15) is 38.3 Å². The Balaban J connectivity index is 3.19. The Kier molecular flexibility index (Phi) is 5.23. The van der Waals surface area contributed by atoms with Crippen LogP contribution in [0.2, 0.25) is 0 Å². The molecule has 2 nitrogen and oxygen atoms in total. The average Bonchev–Trinajstić information content (AvgIpc) is 2.37. The quantitative estimate of drug-likeness (QED) is 0.885. The maximum atomic E-state index is 12.8. The van der Waals surface area contributed by atoms with E-state index in [4.69, 9.17) is 5.73 Å². The monoisotopic (exact) mass is 274 g/mol. The second-order valence-corrected chi connectivity index (χ2v) is 4.59. The lowest BCUT2D eigenvalue weighted by atomic mass is 10.0. The number of nitrogens with two attached hydrogens (primary N) is 1. The number of halogens is 3. The SMILES string of the molecule is CCC(C)N(CC)c1ccc(C(F)(F)F)c(CN)c1. The molecule has 1 atom stereocenters. The van der Waals surface area contributed by atoms with Gasteiger partial charge in [-0.25, -0.2) is 0 Å². The van der Waals surface area contributed by atoms with Crippen LogP contribution in [-0.2, 0) is 12.7 Å². The van der Waals surface area contributed by atoms with E-state index in [0.29, 0.717) is 0 Å². The Bertz CT molecular complexity index is 416. The van der Waals surface area contributed by atoms with Crippen molar-refractivity contribution in [1.29, 1.82) is 0 Å². The highest BCUT2D eigenvalue weighted by Crippen LogP contribution is 2.34. The minimum atomic E-state index is -4.35. The van der Waals surface area contributed by atoms with Gasteiger partial charge in [-0.1, -0.05) is 6.92 Å². The van der Waals surface area contributed by atoms with Crippen molar-refractivity contribution in [3.05, 3.63) is 29.3 Å². The summed E-state index contributed by atoms with van der Waals surface area (Å²) in [5.41, 5.74) is 5.75. The van der Waals surface area contributed by atoms with Crippen molar-refractivity contribution in [3.8, 4) is 0 Å². The lowest BCUT2D eigenvalue weighted by Crippen LogP contribution is -2.32. The predicted molar refractivity (Wildman–Crippen MR) is 72.1 cm³/mol. The number of hydrogen-bond acceptors (Lipinski definition) is 2. The van der Waals surface area contributed by atoms with Gasteiger partial charge in [0.1, 0.15) is 0 Å². The van der Waals surface area contributed by atoms with Crippen molar-refractivity contribution in [2.45, 2.75) is 46.0 Å². The third-order valence-electron chi connectivity index (χ3n) is 3.41. The van der Waals surface area contributed by atoms with E-state index in [2.05, 4.69) is 18.7 Å². The Hall–Kier alpha value is -1.23. The second kappa shape index (κ2) is 6.28. The molecule has 1 aromatic rings. The minimum Gasteiger partial charge on any atom is -0.369 e. The van der Waals surface area contributed by atoms with E-state index in [9.17, 15) is 13.2 Å². The molecule has 19 heavy (non-hydrogen) atoms. The molecule has 0 spiro atoms. The molecule has 0 bridgehead atoms. The van der Waals surface area contributed by atoms with Crippen LogP contribution in [0.15, 0.2) is 18.2 Å². The topological polar surface area (TPSA) is 29.3 Å². The zero-order valence-corrected chi connectivity index (χ0v) is 11.6.